The van der Waals surface area contributed by atoms with Gasteiger partial charge in [-0.25, -0.2) is 4.98 Å². The van der Waals surface area contributed by atoms with Crippen molar-refractivity contribution in [2.24, 2.45) is 5.73 Å². The van der Waals surface area contributed by atoms with Gasteiger partial charge < -0.3 is 10.8 Å². The van der Waals surface area contributed by atoms with Crippen molar-refractivity contribution < 1.29 is 9.90 Å². The molecule has 0 saturated heterocycles. The van der Waals surface area contributed by atoms with Crippen LogP contribution in [0.3, 0.4) is 0 Å². The highest BCUT2D eigenvalue weighted by Crippen LogP contribution is 2.25. The third-order valence-electron chi connectivity index (χ3n) is 2.31. The summed E-state index contributed by atoms with van der Waals surface area (Å²) in [5, 5.41) is 10.4. The smallest absolute Gasteiger partial charge is 0.267 e. The molecule has 76 valence electrons. The molecule has 0 aliphatic carbocycles. The third-order valence-corrected chi connectivity index (χ3v) is 2.31. The Morgan fingerprint density at radius 3 is 2.73 bits per heavy atom. The Kier molecular flexibility index (Phi) is 2.04. The Hall–Kier alpha value is -2.10. The highest BCUT2D eigenvalue weighted by atomic mass is 16.3. The van der Waals surface area contributed by atoms with E-state index in [1.54, 1.807) is 24.3 Å². The van der Waals surface area contributed by atoms with E-state index >= 15 is 0 Å². The Morgan fingerprint density at radius 2 is 2.07 bits per heavy atom. The van der Waals surface area contributed by atoms with Crippen LogP contribution in [0.5, 0.6) is 5.75 Å². The van der Waals surface area contributed by atoms with E-state index in [0.29, 0.717) is 5.52 Å². The molecule has 0 radical (unpaired) electrons. The maximum atomic E-state index is 10.9. The van der Waals surface area contributed by atoms with Gasteiger partial charge in [0.25, 0.3) is 5.91 Å². The number of phenolic OH excluding ortho intramolecular Hbond substituents is 1. The first-order valence-corrected chi connectivity index (χ1v) is 4.48. The van der Waals surface area contributed by atoms with Gasteiger partial charge in [-0.1, -0.05) is 12.1 Å². The average molecular weight is 202 g/mol. The standard InChI is InChI=1S/C11H10N2O2/c1-6-2-5-9(14)10-7(6)3-4-8(13-10)11(12)15/h2-5,14H,1H3,(H2,12,15). The van der Waals surface area contributed by atoms with E-state index in [1.807, 2.05) is 6.92 Å². The summed E-state index contributed by atoms with van der Waals surface area (Å²) in [6.07, 6.45) is 0. The second-order valence-corrected chi connectivity index (χ2v) is 3.36. The van der Waals surface area contributed by atoms with Gasteiger partial charge in [0, 0.05) is 5.39 Å². The van der Waals surface area contributed by atoms with Crippen molar-refractivity contribution in [2.75, 3.05) is 0 Å². The monoisotopic (exact) mass is 202 g/mol. The maximum absolute atomic E-state index is 10.9. The molecule has 4 heteroatoms. The number of hydrogen-bond acceptors (Lipinski definition) is 3. The Labute approximate surface area is 86.4 Å². The lowest BCUT2D eigenvalue weighted by molar-refractivity contribution is 0.0996. The summed E-state index contributed by atoms with van der Waals surface area (Å²) in [4.78, 5) is 14.9. The molecule has 2 aromatic rings. The van der Waals surface area contributed by atoms with Crippen LogP contribution in [0.1, 0.15) is 16.1 Å². The highest BCUT2D eigenvalue weighted by molar-refractivity contribution is 5.95. The van der Waals surface area contributed by atoms with Crippen LogP contribution in [0.25, 0.3) is 10.9 Å². The van der Waals surface area contributed by atoms with Gasteiger partial charge in [-0.3, -0.25) is 4.79 Å². The summed E-state index contributed by atoms with van der Waals surface area (Å²) >= 11 is 0. The fourth-order valence-electron chi connectivity index (χ4n) is 1.48. The minimum Gasteiger partial charge on any atom is -0.506 e. The van der Waals surface area contributed by atoms with Crippen LogP contribution in [-0.2, 0) is 0 Å². The molecule has 0 aliphatic heterocycles. The number of benzene rings is 1. The van der Waals surface area contributed by atoms with E-state index in [2.05, 4.69) is 4.98 Å². The SMILES string of the molecule is Cc1ccc(O)c2nc(C(N)=O)ccc12. The largest absolute Gasteiger partial charge is 0.506 e. The zero-order valence-corrected chi connectivity index (χ0v) is 8.19. The number of amides is 1. The number of carbonyl (C=O) groups is 1. The molecule has 0 unspecified atom stereocenters. The van der Waals surface area contributed by atoms with Crippen LogP contribution >= 0.6 is 0 Å². The number of carbonyl (C=O) groups excluding carboxylic acids is 1. The maximum Gasteiger partial charge on any atom is 0.267 e. The van der Waals surface area contributed by atoms with Crippen LogP contribution in [-0.4, -0.2) is 16.0 Å². The minimum absolute atomic E-state index is 0.0544. The molecule has 3 N–H and O–H groups in total. The fraction of sp³-hybridized carbons (Fsp3) is 0.0909. The first-order valence-electron chi connectivity index (χ1n) is 4.48. The van der Waals surface area contributed by atoms with Crippen molar-refractivity contribution in [3.05, 3.63) is 35.5 Å². The number of aromatic hydroxyl groups is 1. The van der Waals surface area contributed by atoms with Crippen LogP contribution in [0.4, 0.5) is 0 Å². The number of phenols is 1. The Balaban J connectivity index is 2.81. The summed E-state index contributed by atoms with van der Waals surface area (Å²) in [6.45, 7) is 1.91. The van der Waals surface area contributed by atoms with Gasteiger partial charge in [0.1, 0.15) is 17.0 Å². The first-order chi connectivity index (χ1) is 7.09. The molecule has 4 nitrogen and oxygen atoms in total. The molecule has 1 heterocycles. The van der Waals surface area contributed by atoms with Gasteiger partial charge in [-0.2, -0.15) is 0 Å². The summed E-state index contributed by atoms with van der Waals surface area (Å²) in [7, 11) is 0. The van der Waals surface area contributed by atoms with Crippen LogP contribution in [0, 0.1) is 6.92 Å². The van der Waals surface area contributed by atoms with Crippen molar-refractivity contribution in [1.29, 1.82) is 0 Å². The van der Waals surface area contributed by atoms with Gasteiger partial charge in [0.05, 0.1) is 0 Å². The highest BCUT2D eigenvalue weighted by Gasteiger charge is 2.07. The van der Waals surface area contributed by atoms with Crippen molar-refractivity contribution in [3.63, 3.8) is 0 Å². The second kappa shape index (κ2) is 3.24. The normalized spacial score (nSPS) is 10.5. The molecule has 1 aromatic carbocycles. The Morgan fingerprint density at radius 1 is 1.33 bits per heavy atom. The van der Waals surface area contributed by atoms with Gasteiger partial charge in [0.15, 0.2) is 0 Å². The second-order valence-electron chi connectivity index (χ2n) is 3.36. The zero-order valence-electron chi connectivity index (χ0n) is 8.19. The Bertz CT molecular complexity index is 550. The summed E-state index contributed by atoms with van der Waals surface area (Å²) in [5.74, 6) is -0.545. The molecule has 0 atom stereocenters. The lowest BCUT2D eigenvalue weighted by Gasteiger charge is -2.04. The number of fused-ring (bicyclic) bond motifs is 1. The number of nitrogens with zero attached hydrogens (tertiary/aromatic N) is 1. The van der Waals surface area contributed by atoms with Crippen LogP contribution in [0.2, 0.25) is 0 Å². The number of hydrogen-bond donors (Lipinski definition) is 2. The van der Waals surface area contributed by atoms with Crippen molar-refractivity contribution in [1.82, 2.24) is 4.98 Å². The van der Waals surface area contributed by atoms with E-state index < -0.39 is 5.91 Å². The average Bonchev–Trinajstić information content (AvgIpc) is 2.23. The molecule has 0 saturated carbocycles. The van der Waals surface area contributed by atoms with Gasteiger partial charge in [0.2, 0.25) is 0 Å². The molecule has 0 bridgehead atoms. The van der Waals surface area contributed by atoms with Crippen LogP contribution < -0.4 is 5.73 Å². The van der Waals surface area contributed by atoms with E-state index in [1.165, 1.54) is 0 Å². The van der Waals surface area contributed by atoms with Crippen molar-refractivity contribution in [2.45, 2.75) is 6.92 Å². The predicted molar refractivity (Wildman–Crippen MR) is 56.7 cm³/mol. The molecule has 1 amide bonds. The van der Waals surface area contributed by atoms with Gasteiger partial charge >= 0.3 is 0 Å². The molecular formula is C11H10N2O2. The van der Waals surface area contributed by atoms with Crippen molar-refractivity contribution in [3.8, 4) is 5.75 Å². The predicted octanol–water partition coefficient (Wildman–Crippen LogP) is 1.35. The first kappa shape index (κ1) is 9.45. The minimum atomic E-state index is -0.599. The molecule has 1 aromatic heterocycles. The van der Waals surface area contributed by atoms with Gasteiger partial charge in [-0.15, -0.1) is 0 Å². The number of primary amides is 1. The number of aromatic nitrogens is 1. The third kappa shape index (κ3) is 1.50. The molecule has 0 spiro atoms. The molecule has 0 aliphatic rings. The molecule has 2 rings (SSSR count). The van der Waals surface area contributed by atoms with E-state index in [0.717, 1.165) is 10.9 Å². The summed E-state index contributed by atoms with van der Waals surface area (Å²) < 4.78 is 0. The zero-order chi connectivity index (χ0) is 11.0. The summed E-state index contributed by atoms with van der Waals surface area (Å²) in [6, 6.07) is 6.63. The van der Waals surface area contributed by atoms with Crippen molar-refractivity contribution >= 4 is 16.8 Å². The lowest BCUT2D eigenvalue weighted by Crippen LogP contribution is -2.12. The topological polar surface area (TPSA) is 76.2 Å². The molecule has 0 fully saturated rings. The molecular weight excluding hydrogens is 192 g/mol. The quantitative estimate of drug-likeness (QED) is 0.732. The van der Waals surface area contributed by atoms with Gasteiger partial charge in [-0.05, 0) is 24.6 Å². The van der Waals surface area contributed by atoms with E-state index in [-0.39, 0.29) is 11.4 Å². The number of aryl methyl sites for hydroxylation is 1. The molecule has 15 heavy (non-hydrogen) atoms. The van der Waals surface area contributed by atoms with E-state index in [9.17, 15) is 9.90 Å². The number of pyridine rings is 1. The van der Waals surface area contributed by atoms with E-state index in [4.69, 9.17) is 5.73 Å². The van der Waals surface area contributed by atoms with Crippen LogP contribution in [0.15, 0.2) is 24.3 Å². The fourth-order valence-corrected chi connectivity index (χ4v) is 1.48. The number of nitrogens with two attached hydrogens (primary N) is 1. The lowest BCUT2D eigenvalue weighted by atomic mass is 10.1. The number of rotatable bonds is 1. The summed E-state index contributed by atoms with van der Waals surface area (Å²) in [5.41, 5.74) is 6.67.